The zero-order valence-corrected chi connectivity index (χ0v) is 10.6. The summed E-state index contributed by atoms with van der Waals surface area (Å²) in [5.74, 6) is 0.163. The van der Waals surface area contributed by atoms with E-state index >= 15 is 0 Å². The highest BCUT2D eigenvalue weighted by molar-refractivity contribution is 5.81. The van der Waals surface area contributed by atoms with Crippen LogP contribution in [0.3, 0.4) is 0 Å². The third-order valence-electron chi connectivity index (χ3n) is 2.79. The third kappa shape index (κ3) is 2.40. The zero-order valence-electron chi connectivity index (χ0n) is 10.6. The second-order valence-corrected chi connectivity index (χ2v) is 4.75. The highest BCUT2D eigenvalue weighted by Crippen LogP contribution is 2.25. The summed E-state index contributed by atoms with van der Waals surface area (Å²) in [5.41, 5.74) is 1.24. The van der Waals surface area contributed by atoms with Gasteiger partial charge in [0.2, 0.25) is 0 Å². The van der Waals surface area contributed by atoms with Crippen LogP contribution >= 0.6 is 0 Å². The molecule has 0 aliphatic carbocycles. The van der Waals surface area contributed by atoms with Gasteiger partial charge in [-0.2, -0.15) is 0 Å². The average Bonchev–Trinajstić information content (AvgIpc) is 2.28. The Labute approximate surface area is 96.8 Å². The summed E-state index contributed by atoms with van der Waals surface area (Å²) in [4.78, 5) is 15.9. The first-order valence-corrected chi connectivity index (χ1v) is 5.44. The molecule has 3 heteroatoms. The van der Waals surface area contributed by atoms with Gasteiger partial charge in [0.15, 0.2) is 0 Å². The highest BCUT2D eigenvalue weighted by atomic mass is 16.5. The van der Waals surface area contributed by atoms with Gasteiger partial charge >= 0.3 is 5.97 Å². The lowest BCUT2D eigenvalue weighted by atomic mass is 9.87. The number of carbonyl (C=O) groups is 1. The smallest absolute Gasteiger partial charge is 0.317 e. The number of carbonyl (C=O) groups excluding carboxylic acids is 1. The van der Waals surface area contributed by atoms with Crippen LogP contribution in [0.15, 0.2) is 18.3 Å². The van der Waals surface area contributed by atoms with Gasteiger partial charge in [0.05, 0.1) is 12.8 Å². The number of aromatic nitrogens is 1. The molecule has 0 amide bonds. The van der Waals surface area contributed by atoms with Crippen molar-refractivity contribution in [2.45, 2.75) is 39.0 Å². The summed E-state index contributed by atoms with van der Waals surface area (Å²) in [6, 6.07) is 3.95. The number of rotatable bonds is 3. The van der Waals surface area contributed by atoms with Crippen LogP contribution in [0.2, 0.25) is 0 Å². The monoisotopic (exact) mass is 221 g/mol. The molecule has 0 fully saturated rings. The molecule has 1 heterocycles. The maximum atomic E-state index is 11.7. The molecule has 0 aliphatic rings. The normalized spacial score (nSPS) is 11.6. The van der Waals surface area contributed by atoms with Gasteiger partial charge in [-0.15, -0.1) is 0 Å². The van der Waals surface area contributed by atoms with E-state index in [4.69, 9.17) is 4.74 Å². The van der Waals surface area contributed by atoms with Crippen molar-refractivity contribution in [3.63, 3.8) is 0 Å². The van der Waals surface area contributed by atoms with Gasteiger partial charge in [0.25, 0.3) is 0 Å². The van der Waals surface area contributed by atoms with Gasteiger partial charge in [-0.25, -0.2) is 0 Å². The highest BCUT2D eigenvalue weighted by Gasteiger charge is 2.32. The average molecular weight is 221 g/mol. The van der Waals surface area contributed by atoms with E-state index in [0.717, 1.165) is 5.69 Å². The van der Waals surface area contributed by atoms with E-state index in [9.17, 15) is 4.79 Å². The standard InChI is InChI=1S/C13H19NO2/c1-9(2)10-6-7-14-11(8-10)13(3,4)12(15)16-5/h6-9H,1-5H3. The predicted molar refractivity (Wildman–Crippen MR) is 63.4 cm³/mol. The van der Waals surface area contributed by atoms with E-state index in [1.54, 1.807) is 6.20 Å². The Morgan fingerprint density at radius 2 is 2.06 bits per heavy atom. The lowest BCUT2D eigenvalue weighted by Gasteiger charge is -2.21. The largest absolute Gasteiger partial charge is 0.468 e. The van der Waals surface area contributed by atoms with Gasteiger partial charge in [-0.05, 0) is 37.5 Å². The molecule has 1 rings (SSSR count). The molecule has 88 valence electrons. The molecule has 0 N–H and O–H groups in total. The summed E-state index contributed by atoms with van der Waals surface area (Å²) in [7, 11) is 1.40. The van der Waals surface area contributed by atoms with E-state index in [1.807, 2.05) is 26.0 Å². The number of esters is 1. The molecule has 0 aliphatic heterocycles. The molecule has 0 spiro atoms. The number of hydrogen-bond acceptors (Lipinski definition) is 3. The van der Waals surface area contributed by atoms with Crippen LogP contribution in [0.5, 0.6) is 0 Å². The minimum absolute atomic E-state index is 0.263. The number of pyridine rings is 1. The minimum Gasteiger partial charge on any atom is -0.468 e. The predicted octanol–water partition coefficient (Wildman–Crippen LogP) is 2.66. The zero-order chi connectivity index (χ0) is 12.3. The molecule has 0 saturated carbocycles. The van der Waals surface area contributed by atoms with E-state index in [0.29, 0.717) is 5.92 Å². The van der Waals surface area contributed by atoms with Crippen molar-refractivity contribution in [1.29, 1.82) is 0 Å². The van der Waals surface area contributed by atoms with E-state index in [2.05, 4.69) is 18.8 Å². The second-order valence-electron chi connectivity index (χ2n) is 4.75. The van der Waals surface area contributed by atoms with Crippen molar-refractivity contribution in [3.8, 4) is 0 Å². The number of nitrogens with zero attached hydrogens (tertiary/aromatic N) is 1. The third-order valence-corrected chi connectivity index (χ3v) is 2.79. The topological polar surface area (TPSA) is 39.2 Å². The fraction of sp³-hybridized carbons (Fsp3) is 0.538. The van der Waals surface area contributed by atoms with Gasteiger partial charge in [0.1, 0.15) is 5.41 Å². The van der Waals surface area contributed by atoms with Crippen molar-refractivity contribution in [3.05, 3.63) is 29.6 Å². The molecule has 0 bridgehead atoms. The van der Waals surface area contributed by atoms with Gasteiger partial charge in [0, 0.05) is 6.20 Å². The first kappa shape index (κ1) is 12.7. The Balaban J connectivity index is 3.13. The summed E-state index contributed by atoms with van der Waals surface area (Å²) in [6.07, 6.45) is 1.75. The van der Waals surface area contributed by atoms with Gasteiger partial charge in [-0.1, -0.05) is 13.8 Å². The molecule has 3 nitrogen and oxygen atoms in total. The maximum absolute atomic E-state index is 11.7. The molecule has 0 aromatic carbocycles. The Morgan fingerprint density at radius 3 is 2.56 bits per heavy atom. The summed E-state index contributed by atoms with van der Waals surface area (Å²) >= 11 is 0. The molecule has 1 aromatic heterocycles. The molecule has 0 saturated heterocycles. The van der Waals surface area contributed by atoms with Crippen molar-refractivity contribution in [2.24, 2.45) is 0 Å². The Hall–Kier alpha value is -1.38. The quantitative estimate of drug-likeness (QED) is 0.737. The van der Waals surface area contributed by atoms with Crippen LogP contribution in [-0.2, 0) is 14.9 Å². The Kier molecular flexibility index (Phi) is 3.68. The fourth-order valence-electron chi connectivity index (χ4n) is 1.51. The lowest BCUT2D eigenvalue weighted by Crippen LogP contribution is -2.31. The van der Waals surface area contributed by atoms with Crippen LogP contribution in [0.1, 0.15) is 44.9 Å². The van der Waals surface area contributed by atoms with Crippen molar-refractivity contribution in [2.75, 3.05) is 7.11 Å². The summed E-state index contributed by atoms with van der Waals surface area (Å²) in [6.45, 7) is 7.88. The SMILES string of the molecule is COC(=O)C(C)(C)c1cc(C(C)C)ccn1. The molecule has 0 atom stereocenters. The van der Waals surface area contributed by atoms with E-state index in [1.165, 1.54) is 12.7 Å². The molecule has 0 radical (unpaired) electrons. The van der Waals surface area contributed by atoms with Crippen LogP contribution in [0, 0.1) is 0 Å². The van der Waals surface area contributed by atoms with Gasteiger partial charge in [-0.3, -0.25) is 9.78 Å². The molecule has 16 heavy (non-hydrogen) atoms. The van der Waals surface area contributed by atoms with Crippen LogP contribution in [0.4, 0.5) is 0 Å². The Morgan fingerprint density at radius 1 is 1.44 bits per heavy atom. The molecular formula is C13H19NO2. The molecular weight excluding hydrogens is 202 g/mol. The minimum atomic E-state index is -0.695. The number of hydrogen-bond donors (Lipinski definition) is 0. The lowest BCUT2D eigenvalue weighted by molar-refractivity contribution is -0.146. The van der Waals surface area contributed by atoms with Crippen molar-refractivity contribution < 1.29 is 9.53 Å². The van der Waals surface area contributed by atoms with E-state index in [-0.39, 0.29) is 5.97 Å². The summed E-state index contributed by atoms with van der Waals surface area (Å²) < 4.78 is 4.79. The molecule has 1 aromatic rings. The number of methoxy groups -OCH3 is 1. The summed E-state index contributed by atoms with van der Waals surface area (Å²) in [5, 5.41) is 0. The molecule has 0 unspecified atom stereocenters. The van der Waals surface area contributed by atoms with Crippen molar-refractivity contribution in [1.82, 2.24) is 4.98 Å². The van der Waals surface area contributed by atoms with Crippen LogP contribution in [0.25, 0.3) is 0 Å². The van der Waals surface area contributed by atoms with E-state index < -0.39 is 5.41 Å². The maximum Gasteiger partial charge on any atom is 0.317 e. The number of ether oxygens (including phenoxy) is 1. The fourth-order valence-corrected chi connectivity index (χ4v) is 1.51. The van der Waals surface area contributed by atoms with Gasteiger partial charge < -0.3 is 4.74 Å². The van der Waals surface area contributed by atoms with Crippen LogP contribution < -0.4 is 0 Å². The first-order valence-electron chi connectivity index (χ1n) is 5.44. The van der Waals surface area contributed by atoms with Crippen LogP contribution in [-0.4, -0.2) is 18.1 Å². The Bertz CT molecular complexity index is 383. The second kappa shape index (κ2) is 4.64. The first-order chi connectivity index (χ1) is 7.39. The van der Waals surface area contributed by atoms with Crippen molar-refractivity contribution >= 4 is 5.97 Å².